The molecule has 0 heterocycles. The fraction of sp³-hybridized carbons (Fsp3) is 0.227. The fourth-order valence-corrected chi connectivity index (χ4v) is 2.41. The van der Waals surface area contributed by atoms with Gasteiger partial charge in [-0.3, -0.25) is 0 Å². The van der Waals surface area contributed by atoms with E-state index in [9.17, 15) is 36.3 Å². The molecule has 0 saturated carbocycles. The first-order chi connectivity index (χ1) is 15.4. The van der Waals surface area contributed by atoms with Crippen molar-refractivity contribution in [2.75, 3.05) is 6.61 Å². The Morgan fingerprint density at radius 1 is 0.848 bits per heavy atom. The predicted molar refractivity (Wildman–Crippen MR) is 105 cm³/mol. The molecule has 0 atom stereocenters. The Morgan fingerprint density at radius 3 is 1.94 bits per heavy atom. The number of hydrogen-bond donors (Lipinski definition) is 1. The van der Waals surface area contributed by atoms with Crippen LogP contribution >= 0.6 is 0 Å². The number of carboxylic acid groups (broad SMARTS) is 1. The highest BCUT2D eigenvalue weighted by Crippen LogP contribution is 2.38. The van der Waals surface area contributed by atoms with Crippen molar-refractivity contribution in [2.24, 2.45) is 0 Å². The summed E-state index contributed by atoms with van der Waals surface area (Å²) in [6, 6.07) is 10.9. The first-order valence-electron chi connectivity index (χ1n) is 9.34. The third-order valence-electron chi connectivity index (χ3n) is 4.15. The van der Waals surface area contributed by atoms with Crippen molar-refractivity contribution in [3.8, 4) is 5.75 Å². The second kappa shape index (κ2) is 10.7. The summed E-state index contributed by atoms with van der Waals surface area (Å²) in [4.78, 5) is 34.5. The molecule has 0 aliphatic rings. The number of carboxylic acids is 1. The van der Waals surface area contributed by atoms with E-state index in [2.05, 4.69) is 4.74 Å². The zero-order valence-electron chi connectivity index (χ0n) is 16.8. The predicted octanol–water partition coefficient (Wildman–Crippen LogP) is 5.14. The summed E-state index contributed by atoms with van der Waals surface area (Å²) < 4.78 is 71.7. The van der Waals surface area contributed by atoms with E-state index in [0.717, 1.165) is 6.08 Å². The van der Waals surface area contributed by atoms with Gasteiger partial charge in [-0.05, 0) is 54.5 Å². The molecule has 0 aromatic heterocycles. The van der Waals surface area contributed by atoms with Gasteiger partial charge in [-0.25, -0.2) is 14.4 Å². The molecule has 2 aromatic rings. The third-order valence-corrected chi connectivity index (χ3v) is 4.15. The lowest BCUT2D eigenvalue weighted by Gasteiger charge is -2.19. The number of benzene rings is 2. The summed E-state index contributed by atoms with van der Waals surface area (Å²) >= 11 is 0. The Kier molecular flexibility index (Phi) is 8.27. The van der Waals surface area contributed by atoms with Crippen molar-refractivity contribution < 1.29 is 50.9 Å². The van der Waals surface area contributed by atoms with Crippen molar-refractivity contribution in [2.45, 2.75) is 24.9 Å². The van der Waals surface area contributed by atoms with E-state index in [1.54, 1.807) is 0 Å². The van der Waals surface area contributed by atoms with Gasteiger partial charge < -0.3 is 14.6 Å². The lowest BCUT2D eigenvalue weighted by molar-refractivity contribution is -0.284. The van der Waals surface area contributed by atoms with Crippen LogP contribution < -0.4 is 4.74 Å². The van der Waals surface area contributed by atoms with Crippen LogP contribution in [0, 0.1) is 0 Å². The second-order valence-electron chi connectivity index (χ2n) is 6.65. The minimum Gasteiger partial charge on any atom is -0.478 e. The van der Waals surface area contributed by atoms with E-state index >= 15 is 0 Å². The van der Waals surface area contributed by atoms with Crippen LogP contribution in [0.15, 0.2) is 54.6 Å². The Labute approximate surface area is 184 Å². The number of rotatable bonds is 9. The number of aliphatic carboxylic acids is 1. The van der Waals surface area contributed by atoms with Gasteiger partial charge in [-0.2, -0.15) is 22.0 Å². The molecule has 0 amide bonds. The lowest BCUT2D eigenvalue weighted by Crippen LogP contribution is -2.36. The molecule has 0 radical (unpaired) electrons. The number of esters is 2. The van der Waals surface area contributed by atoms with Crippen LogP contribution in [-0.4, -0.2) is 41.7 Å². The summed E-state index contributed by atoms with van der Waals surface area (Å²) in [5.41, 5.74) is 0.715. The Morgan fingerprint density at radius 2 is 1.39 bits per heavy atom. The van der Waals surface area contributed by atoms with E-state index in [-0.39, 0.29) is 16.9 Å². The first-order valence-corrected chi connectivity index (χ1v) is 9.34. The number of alkyl halides is 5. The maximum Gasteiger partial charge on any atom is 0.453 e. The van der Waals surface area contributed by atoms with E-state index in [1.807, 2.05) is 0 Å². The highest BCUT2D eigenvalue weighted by Gasteiger charge is 2.56. The standard InChI is InChI=1S/C22H17F5O6/c23-21(24,22(25,26)27)12-1-13-32-19(30)15-7-9-17(10-8-15)33-20(31)16-5-2-14(3-6-16)4-11-18(28)29/h2-11H,1,12-13H2,(H,28,29)/b11-4+. The van der Waals surface area contributed by atoms with E-state index in [4.69, 9.17) is 9.84 Å². The zero-order valence-corrected chi connectivity index (χ0v) is 16.8. The van der Waals surface area contributed by atoms with Crippen LogP contribution in [0.25, 0.3) is 6.08 Å². The normalized spacial score (nSPS) is 11.9. The number of ether oxygens (including phenoxy) is 2. The highest BCUT2D eigenvalue weighted by molar-refractivity contribution is 5.92. The van der Waals surface area contributed by atoms with Gasteiger partial charge >= 0.3 is 30.0 Å². The van der Waals surface area contributed by atoms with Gasteiger partial charge in [0.1, 0.15) is 5.75 Å². The molecule has 11 heteroatoms. The maximum absolute atomic E-state index is 12.8. The molecule has 0 fully saturated rings. The average Bonchev–Trinajstić information content (AvgIpc) is 2.75. The van der Waals surface area contributed by atoms with Crippen LogP contribution in [0.5, 0.6) is 5.75 Å². The molecule has 0 unspecified atom stereocenters. The van der Waals surface area contributed by atoms with Gasteiger partial charge in [-0.1, -0.05) is 12.1 Å². The van der Waals surface area contributed by atoms with Gasteiger partial charge in [0, 0.05) is 12.5 Å². The van der Waals surface area contributed by atoms with Crippen molar-refractivity contribution in [1.29, 1.82) is 0 Å². The minimum absolute atomic E-state index is 0.0213. The van der Waals surface area contributed by atoms with Crippen LogP contribution in [-0.2, 0) is 9.53 Å². The zero-order chi connectivity index (χ0) is 24.6. The molecule has 33 heavy (non-hydrogen) atoms. The largest absolute Gasteiger partial charge is 0.478 e. The van der Waals surface area contributed by atoms with Gasteiger partial charge in [0.15, 0.2) is 0 Å². The van der Waals surface area contributed by atoms with E-state index < -0.39 is 49.5 Å². The minimum atomic E-state index is -5.66. The van der Waals surface area contributed by atoms with Crippen LogP contribution in [0.1, 0.15) is 39.1 Å². The average molecular weight is 472 g/mol. The number of halogens is 5. The Bertz CT molecular complexity index is 1010. The van der Waals surface area contributed by atoms with Crippen LogP contribution in [0.4, 0.5) is 22.0 Å². The SMILES string of the molecule is O=C(O)/C=C/c1ccc(C(=O)Oc2ccc(C(=O)OCCCC(F)(F)C(F)(F)F)cc2)cc1. The molecular formula is C22H17F5O6. The summed E-state index contributed by atoms with van der Waals surface area (Å²) in [5.74, 6) is -7.55. The van der Waals surface area contributed by atoms with Gasteiger partial charge in [0.2, 0.25) is 0 Å². The third kappa shape index (κ3) is 7.70. The van der Waals surface area contributed by atoms with E-state index in [0.29, 0.717) is 5.56 Å². The summed E-state index contributed by atoms with van der Waals surface area (Å²) in [5, 5.41) is 8.59. The molecule has 1 N–H and O–H groups in total. The van der Waals surface area contributed by atoms with Gasteiger partial charge in [-0.15, -0.1) is 0 Å². The summed E-state index contributed by atoms with van der Waals surface area (Å²) in [6.45, 7) is -0.626. The quantitative estimate of drug-likeness (QED) is 0.179. The fourth-order valence-electron chi connectivity index (χ4n) is 2.41. The molecule has 176 valence electrons. The smallest absolute Gasteiger partial charge is 0.453 e. The molecule has 0 saturated heterocycles. The van der Waals surface area contributed by atoms with Crippen molar-refractivity contribution >= 4 is 24.0 Å². The van der Waals surface area contributed by atoms with E-state index in [1.165, 1.54) is 54.6 Å². The van der Waals surface area contributed by atoms with Crippen LogP contribution in [0.3, 0.4) is 0 Å². The molecule has 0 bridgehead atoms. The molecule has 2 aromatic carbocycles. The molecular weight excluding hydrogens is 455 g/mol. The molecule has 0 spiro atoms. The topological polar surface area (TPSA) is 89.9 Å². The Hall–Kier alpha value is -3.76. The number of carbonyl (C=O) groups excluding carboxylic acids is 2. The highest BCUT2D eigenvalue weighted by atomic mass is 19.4. The van der Waals surface area contributed by atoms with Gasteiger partial charge in [0.05, 0.1) is 17.7 Å². The van der Waals surface area contributed by atoms with Crippen LogP contribution in [0.2, 0.25) is 0 Å². The second-order valence-corrected chi connectivity index (χ2v) is 6.65. The number of hydrogen-bond acceptors (Lipinski definition) is 5. The Balaban J connectivity index is 1.86. The first kappa shape index (κ1) is 25.5. The lowest BCUT2D eigenvalue weighted by atomic mass is 10.1. The summed E-state index contributed by atoms with van der Waals surface area (Å²) in [6.07, 6.45) is -5.56. The van der Waals surface area contributed by atoms with Crippen molar-refractivity contribution in [3.63, 3.8) is 0 Å². The molecule has 0 aliphatic heterocycles. The monoisotopic (exact) mass is 472 g/mol. The maximum atomic E-state index is 12.8. The molecule has 6 nitrogen and oxygen atoms in total. The molecule has 0 aliphatic carbocycles. The molecule has 2 rings (SSSR count). The van der Waals surface area contributed by atoms with Gasteiger partial charge in [0.25, 0.3) is 0 Å². The van der Waals surface area contributed by atoms with Crippen molar-refractivity contribution in [1.82, 2.24) is 0 Å². The van der Waals surface area contributed by atoms with Crippen molar-refractivity contribution in [3.05, 3.63) is 71.3 Å². The summed E-state index contributed by atoms with van der Waals surface area (Å²) in [7, 11) is 0. The number of carbonyl (C=O) groups is 3.